The second-order valence-corrected chi connectivity index (χ2v) is 5.78. The number of halogens is 1. The van der Waals surface area contributed by atoms with Crippen molar-refractivity contribution in [2.75, 3.05) is 6.54 Å². The third kappa shape index (κ3) is 3.72. The van der Waals surface area contributed by atoms with Crippen LogP contribution in [0.5, 0.6) is 5.75 Å². The van der Waals surface area contributed by atoms with Crippen LogP contribution in [0.25, 0.3) is 0 Å². The van der Waals surface area contributed by atoms with Crippen LogP contribution < -0.4 is 10.1 Å². The predicted molar refractivity (Wildman–Crippen MR) is 79.0 cm³/mol. The number of nitrogens with one attached hydrogen (secondary N) is 1. The molecule has 1 aliphatic rings. The molecule has 2 rings (SSSR count). The molecule has 0 heterocycles. The van der Waals surface area contributed by atoms with Gasteiger partial charge in [-0.05, 0) is 60.6 Å². The van der Waals surface area contributed by atoms with Gasteiger partial charge in [-0.1, -0.05) is 19.1 Å². The lowest BCUT2D eigenvalue weighted by molar-refractivity contribution is 0.206. The number of para-hydroxylation sites is 1. The number of benzene rings is 1. The molecule has 18 heavy (non-hydrogen) atoms. The summed E-state index contributed by atoms with van der Waals surface area (Å²) in [5.74, 6) is 1.04. The van der Waals surface area contributed by atoms with E-state index in [0.717, 1.165) is 29.7 Å². The number of hydrogen-bond donors (Lipinski definition) is 1. The van der Waals surface area contributed by atoms with Crippen LogP contribution in [0.3, 0.4) is 0 Å². The maximum absolute atomic E-state index is 6.18. The molecule has 0 radical (unpaired) electrons. The van der Waals surface area contributed by atoms with Crippen molar-refractivity contribution in [3.63, 3.8) is 0 Å². The molecule has 100 valence electrons. The zero-order valence-corrected chi connectivity index (χ0v) is 12.6. The van der Waals surface area contributed by atoms with Gasteiger partial charge in [0.1, 0.15) is 5.75 Å². The second kappa shape index (κ2) is 7.15. The van der Waals surface area contributed by atoms with Crippen LogP contribution in [0.15, 0.2) is 22.7 Å². The van der Waals surface area contributed by atoms with Gasteiger partial charge in [0.2, 0.25) is 0 Å². The highest BCUT2D eigenvalue weighted by atomic mass is 79.9. The number of hydrogen-bond acceptors (Lipinski definition) is 2. The molecule has 0 bridgehead atoms. The van der Waals surface area contributed by atoms with Crippen molar-refractivity contribution in [2.24, 2.45) is 0 Å². The van der Waals surface area contributed by atoms with Crippen LogP contribution in [0.2, 0.25) is 0 Å². The van der Waals surface area contributed by atoms with Crippen molar-refractivity contribution >= 4 is 15.9 Å². The van der Waals surface area contributed by atoms with E-state index in [1.807, 2.05) is 0 Å². The molecule has 1 aromatic rings. The van der Waals surface area contributed by atoms with E-state index in [9.17, 15) is 0 Å². The molecule has 0 amide bonds. The Morgan fingerprint density at radius 2 is 2.11 bits per heavy atom. The van der Waals surface area contributed by atoms with E-state index < -0.39 is 0 Å². The first-order chi connectivity index (χ1) is 8.81. The quantitative estimate of drug-likeness (QED) is 0.792. The molecule has 1 aliphatic carbocycles. The summed E-state index contributed by atoms with van der Waals surface area (Å²) in [5, 5.41) is 3.44. The molecule has 0 atom stereocenters. The van der Waals surface area contributed by atoms with Gasteiger partial charge < -0.3 is 10.1 Å². The lowest BCUT2D eigenvalue weighted by Crippen LogP contribution is -2.17. The van der Waals surface area contributed by atoms with Gasteiger partial charge in [-0.25, -0.2) is 0 Å². The van der Waals surface area contributed by atoms with E-state index in [0.29, 0.717) is 6.10 Å². The summed E-state index contributed by atoms with van der Waals surface area (Å²) in [6.45, 7) is 4.12. The highest BCUT2D eigenvalue weighted by Crippen LogP contribution is 2.33. The Bertz CT molecular complexity index is 375. The summed E-state index contributed by atoms with van der Waals surface area (Å²) >= 11 is 3.61. The van der Waals surface area contributed by atoms with E-state index in [1.54, 1.807) is 0 Å². The fourth-order valence-electron chi connectivity index (χ4n) is 2.40. The minimum atomic E-state index is 0.411. The van der Waals surface area contributed by atoms with E-state index >= 15 is 0 Å². The lowest BCUT2D eigenvalue weighted by Gasteiger charge is -2.18. The minimum Gasteiger partial charge on any atom is -0.489 e. The first-order valence-corrected chi connectivity index (χ1v) is 7.75. The average Bonchev–Trinajstić information content (AvgIpc) is 2.86. The molecule has 1 aromatic carbocycles. The van der Waals surface area contributed by atoms with E-state index in [2.05, 4.69) is 46.4 Å². The van der Waals surface area contributed by atoms with Gasteiger partial charge in [0.25, 0.3) is 0 Å². The summed E-state index contributed by atoms with van der Waals surface area (Å²) in [4.78, 5) is 0. The van der Waals surface area contributed by atoms with Crippen LogP contribution in [-0.4, -0.2) is 12.6 Å². The van der Waals surface area contributed by atoms with Gasteiger partial charge in [-0.2, -0.15) is 0 Å². The highest BCUT2D eigenvalue weighted by molar-refractivity contribution is 9.10. The van der Waals surface area contributed by atoms with Crippen molar-refractivity contribution in [1.82, 2.24) is 5.32 Å². The van der Waals surface area contributed by atoms with Crippen molar-refractivity contribution in [3.8, 4) is 5.75 Å². The monoisotopic (exact) mass is 311 g/mol. The van der Waals surface area contributed by atoms with Crippen LogP contribution in [0.1, 0.15) is 44.6 Å². The maximum atomic E-state index is 6.18. The molecule has 3 heteroatoms. The van der Waals surface area contributed by atoms with Crippen LogP contribution in [0.4, 0.5) is 0 Å². The Hall–Kier alpha value is -0.540. The third-order valence-corrected chi connectivity index (χ3v) is 4.00. The fourth-order valence-corrected chi connectivity index (χ4v) is 2.90. The molecule has 0 unspecified atom stereocenters. The van der Waals surface area contributed by atoms with Gasteiger partial charge in [-0.3, -0.25) is 0 Å². The van der Waals surface area contributed by atoms with Crippen LogP contribution >= 0.6 is 15.9 Å². The smallest absolute Gasteiger partial charge is 0.138 e. The van der Waals surface area contributed by atoms with Crippen molar-refractivity contribution in [1.29, 1.82) is 0 Å². The number of rotatable bonds is 6. The van der Waals surface area contributed by atoms with E-state index in [-0.39, 0.29) is 0 Å². The molecule has 1 saturated carbocycles. The van der Waals surface area contributed by atoms with Crippen LogP contribution in [0, 0.1) is 0 Å². The molecule has 1 N–H and O–H groups in total. The first kappa shape index (κ1) is 13.9. The van der Waals surface area contributed by atoms with Crippen LogP contribution in [-0.2, 0) is 6.54 Å². The molecule has 0 spiro atoms. The standard InChI is InChI=1S/C15H22BrNO/c1-2-10-17-11-12-6-5-9-14(16)15(12)18-13-7-3-4-8-13/h5-6,9,13,17H,2-4,7-8,10-11H2,1H3. The molecule has 2 nitrogen and oxygen atoms in total. The minimum absolute atomic E-state index is 0.411. The molecule has 0 aliphatic heterocycles. The Morgan fingerprint density at radius 1 is 1.33 bits per heavy atom. The van der Waals surface area contributed by atoms with Crippen molar-refractivity contribution in [2.45, 2.75) is 51.7 Å². The molecule has 1 fully saturated rings. The van der Waals surface area contributed by atoms with Crippen molar-refractivity contribution in [3.05, 3.63) is 28.2 Å². The summed E-state index contributed by atoms with van der Waals surface area (Å²) in [5.41, 5.74) is 1.25. The Morgan fingerprint density at radius 3 is 2.83 bits per heavy atom. The largest absolute Gasteiger partial charge is 0.489 e. The van der Waals surface area contributed by atoms with E-state index in [4.69, 9.17) is 4.74 Å². The second-order valence-electron chi connectivity index (χ2n) is 4.93. The zero-order chi connectivity index (χ0) is 12.8. The van der Waals surface area contributed by atoms with E-state index in [1.165, 1.54) is 31.2 Å². The van der Waals surface area contributed by atoms with Gasteiger partial charge in [0.15, 0.2) is 0 Å². The third-order valence-electron chi connectivity index (χ3n) is 3.38. The lowest BCUT2D eigenvalue weighted by atomic mass is 10.2. The number of ether oxygens (including phenoxy) is 1. The molecule has 0 aromatic heterocycles. The summed E-state index contributed by atoms with van der Waals surface area (Å²) in [7, 11) is 0. The normalized spacial score (nSPS) is 16.1. The zero-order valence-electron chi connectivity index (χ0n) is 11.0. The summed E-state index contributed by atoms with van der Waals surface area (Å²) in [6.07, 6.45) is 6.57. The van der Waals surface area contributed by atoms with Gasteiger partial charge in [0.05, 0.1) is 10.6 Å². The molecule has 0 saturated heterocycles. The molecular weight excluding hydrogens is 290 g/mol. The summed E-state index contributed by atoms with van der Waals surface area (Å²) in [6, 6.07) is 6.29. The predicted octanol–water partition coefficient (Wildman–Crippen LogP) is 4.27. The molecular formula is C15H22BrNO. The Labute approximate surface area is 118 Å². The summed E-state index contributed by atoms with van der Waals surface area (Å²) < 4.78 is 7.26. The average molecular weight is 312 g/mol. The van der Waals surface area contributed by atoms with Gasteiger partial charge in [0, 0.05) is 12.1 Å². The maximum Gasteiger partial charge on any atom is 0.138 e. The topological polar surface area (TPSA) is 21.3 Å². The SMILES string of the molecule is CCCNCc1cccc(Br)c1OC1CCCC1. The van der Waals surface area contributed by atoms with Crippen molar-refractivity contribution < 1.29 is 4.74 Å². The fraction of sp³-hybridized carbons (Fsp3) is 0.600. The van der Waals surface area contributed by atoms with Gasteiger partial charge in [-0.15, -0.1) is 0 Å². The first-order valence-electron chi connectivity index (χ1n) is 6.96. The Balaban J connectivity index is 2.05. The Kier molecular flexibility index (Phi) is 5.51. The van der Waals surface area contributed by atoms with Gasteiger partial charge >= 0.3 is 0 Å². The highest BCUT2D eigenvalue weighted by Gasteiger charge is 2.19.